The summed E-state index contributed by atoms with van der Waals surface area (Å²) < 4.78 is 0.646. The van der Waals surface area contributed by atoms with Gasteiger partial charge in [-0.1, -0.05) is 0 Å². The molecule has 2 heterocycles. The quantitative estimate of drug-likeness (QED) is 0.632. The zero-order valence-corrected chi connectivity index (χ0v) is 12.7. The summed E-state index contributed by atoms with van der Waals surface area (Å²) in [5.74, 6) is 6.78. The Hall–Kier alpha value is -1.72. The van der Waals surface area contributed by atoms with Crippen molar-refractivity contribution in [3.63, 3.8) is 0 Å². The van der Waals surface area contributed by atoms with E-state index in [0.29, 0.717) is 23.4 Å². The van der Waals surface area contributed by atoms with Gasteiger partial charge in [-0.05, 0) is 28.8 Å². The minimum absolute atomic E-state index is 0.0832. The molecule has 0 saturated carbocycles. The molecule has 1 aliphatic heterocycles. The predicted molar refractivity (Wildman–Crippen MR) is 76.4 cm³/mol. The average Bonchev–Trinajstić information content (AvgIpc) is 2.47. The molecule has 1 aromatic rings. The molecule has 8 heteroatoms. The van der Waals surface area contributed by atoms with Crippen molar-refractivity contribution in [1.82, 2.24) is 14.9 Å². The second-order valence-electron chi connectivity index (χ2n) is 4.62. The van der Waals surface area contributed by atoms with Gasteiger partial charge in [0.2, 0.25) is 11.7 Å². The molecule has 0 bridgehead atoms. The summed E-state index contributed by atoms with van der Waals surface area (Å²) in [4.78, 5) is 21.1. The molecule has 7 nitrogen and oxygen atoms in total. The lowest BCUT2D eigenvalue weighted by Gasteiger charge is -2.36. The average molecular weight is 339 g/mol. The number of amides is 1. The van der Waals surface area contributed by atoms with Gasteiger partial charge < -0.3 is 4.90 Å². The Morgan fingerprint density at radius 1 is 1.60 bits per heavy atom. The molecule has 2 rings (SSSR count). The Balaban J connectivity index is 2.11. The topological polar surface area (TPSA) is 99.1 Å². The molecule has 1 fully saturated rings. The van der Waals surface area contributed by atoms with E-state index in [4.69, 9.17) is 11.1 Å². The maximum absolute atomic E-state index is 11.3. The second kappa shape index (κ2) is 6.15. The van der Waals surface area contributed by atoms with Crippen LogP contribution in [0, 0.1) is 11.3 Å². The fourth-order valence-corrected chi connectivity index (χ4v) is 2.62. The Kier molecular flexibility index (Phi) is 4.52. The first-order chi connectivity index (χ1) is 9.52. The summed E-state index contributed by atoms with van der Waals surface area (Å²) >= 11 is 3.34. The largest absolute Gasteiger partial charge is 0.343 e. The number of nitrogens with zero attached hydrogens (tertiary/aromatic N) is 5. The smallest absolute Gasteiger partial charge is 0.234 e. The van der Waals surface area contributed by atoms with E-state index in [1.165, 1.54) is 6.20 Å². The van der Waals surface area contributed by atoms with Crippen LogP contribution in [-0.2, 0) is 4.79 Å². The molecule has 0 aromatic carbocycles. The molecule has 0 spiro atoms. The van der Waals surface area contributed by atoms with Crippen LogP contribution in [-0.4, -0.2) is 39.9 Å². The number of likely N-dealkylation sites (tertiary alicyclic amines) is 1. The van der Waals surface area contributed by atoms with Gasteiger partial charge in [0.05, 0.1) is 10.5 Å². The number of rotatable bonds is 2. The first kappa shape index (κ1) is 14.7. The van der Waals surface area contributed by atoms with E-state index in [1.807, 2.05) is 6.07 Å². The molecule has 0 radical (unpaired) electrons. The SMILES string of the molecule is CC(=O)N1CCC(N(N)c2nc(C#N)ncc2Br)CC1. The molecule has 0 atom stereocenters. The zero-order valence-electron chi connectivity index (χ0n) is 11.1. The monoisotopic (exact) mass is 338 g/mol. The molecule has 20 heavy (non-hydrogen) atoms. The van der Waals surface area contributed by atoms with Crippen molar-refractivity contribution >= 4 is 27.7 Å². The molecule has 0 aliphatic carbocycles. The van der Waals surface area contributed by atoms with Crippen LogP contribution in [0.4, 0.5) is 5.82 Å². The van der Waals surface area contributed by atoms with Gasteiger partial charge in [0.25, 0.3) is 0 Å². The number of piperidine rings is 1. The van der Waals surface area contributed by atoms with E-state index >= 15 is 0 Å². The van der Waals surface area contributed by atoms with Gasteiger partial charge in [0.15, 0.2) is 5.82 Å². The van der Waals surface area contributed by atoms with E-state index < -0.39 is 0 Å². The summed E-state index contributed by atoms with van der Waals surface area (Å²) in [7, 11) is 0. The fraction of sp³-hybridized carbons (Fsp3) is 0.500. The lowest BCUT2D eigenvalue weighted by Crippen LogP contribution is -2.49. The number of carbonyl (C=O) groups excluding carboxylic acids is 1. The van der Waals surface area contributed by atoms with Crippen molar-refractivity contribution in [1.29, 1.82) is 5.26 Å². The van der Waals surface area contributed by atoms with E-state index in [0.717, 1.165) is 12.8 Å². The molecule has 1 aromatic heterocycles. The summed E-state index contributed by atoms with van der Waals surface area (Å²) in [6.07, 6.45) is 3.06. The van der Waals surface area contributed by atoms with Crippen molar-refractivity contribution in [2.75, 3.05) is 18.1 Å². The number of nitriles is 1. The van der Waals surface area contributed by atoms with Gasteiger partial charge in [0, 0.05) is 26.2 Å². The van der Waals surface area contributed by atoms with Crippen LogP contribution < -0.4 is 10.9 Å². The third-order valence-corrected chi connectivity index (χ3v) is 3.93. The van der Waals surface area contributed by atoms with Crippen molar-refractivity contribution in [2.45, 2.75) is 25.8 Å². The first-order valence-electron chi connectivity index (χ1n) is 6.25. The number of carbonyl (C=O) groups is 1. The second-order valence-corrected chi connectivity index (χ2v) is 5.48. The summed E-state index contributed by atoms with van der Waals surface area (Å²) in [6.45, 7) is 2.93. The van der Waals surface area contributed by atoms with Crippen LogP contribution in [0.1, 0.15) is 25.6 Å². The van der Waals surface area contributed by atoms with Gasteiger partial charge in [-0.2, -0.15) is 10.2 Å². The number of nitrogens with two attached hydrogens (primary N) is 1. The highest BCUT2D eigenvalue weighted by atomic mass is 79.9. The van der Waals surface area contributed by atoms with Crippen molar-refractivity contribution in [3.05, 3.63) is 16.5 Å². The molecule has 1 amide bonds. The lowest BCUT2D eigenvalue weighted by molar-refractivity contribution is -0.129. The number of aromatic nitrogens is 2. The summed E-state index contributed by atoms with van der Waals surface area (Å²) in [6, 6.07) is 1.98. The maximum atomic E-state index is 11.3. The maximum Gasteiger partial charge on any atom is 0.234 e. The number of hydrogen-bond acceptors (Lipinski definition) is 6. The van der Waals surface area contributed by atoms with Crippen molar-refractivity contribution < 1.29 is 4.79 Å². The highest BCUT2D eigenvalue weighted by Gasteiger charge is 2.26. The van der Waals surface area contributed by atoms with E-state index in [1.54, 1.807) is 16.8 Å². The summed E-state index contributed by atoms with van der Waals surface area (Å²) in [5.41, 5.74) is 0. The molecule has 1 saturated heterocycles. The van der Waals surface area contributed by atoms with Crippen molar-refractivity contribution in [2.24, 2.45) is 5.84 Å². The highest BCUT2D eigenvalue weighted by molar-refractivity contribution is 9.10. The molecular weight excluding hydrogens is 324 g/mol. The van der Waals surface area contributed by atoms with E-state index in [9.17, 15) is 4.79 Å². The highest BCUT2D eigenvalue weighted by Crippen LogP contribution is 2.25. The van der Waals surface area contributed by atoms with Crippen LogP contribution in [0.3, 0.4) is 0 Å². The molecular formula is C12H15BrN6O. The Labute approximate surface area is 125 Å². The van der Waals surface area contributed by atoms with Gasteiger partial charge in [-0.25, -0.2) is 10.8 Å². The summed E-state index contributed by atoms with van der Waals surface area (Å²) in [5, 5.41) is 10.4. The van der Waals surface area contributed by atoms with Crippen LogP contribution in [0.2, 0.25) is 0 Å². The molecule has 0 unspecified atom stereocenters. The normalized spacial score (nSPS) is 15.8. The lowest BCUT2D eigenvalue weighted by atomic mass is 10.0. The van der Waals surface area contributed by atoms with Gasteiger partial charge in [0.1, 0.15) is 6.07 Å². The predicted octanol–water partition coefficient (Wildman–Crippen LogP) is 0.802. The van der Waals surface area contributed by atoms with Gasteiger partial charge in [-0.3, -0.25) is 9.80 Å². The molecule has 1 aliphatic rings. The fourth-order valence-electron chi connectivity index (χ4n) is 2.22. The van der Waals surface area contributed by atoms with Crippen LogP contribution in [0.5, 0.6) is 0 Å². The first-order valence-corrected chi connectivity index (χ1v) is 7.04. The molecule has 2 N–H and O–H groups in total. The number of anilines is 1. The zero-order chi connectivity index (χ0) is 14.7. The minimum Gasteiger partial charge on any atom is -0.343 e. The van der Waals surface area contributed by atoms with Gasteiger partial charge in [-0.15, -0.1) is 0 Å². The van der Waals surface area contributed by atoms with Crippen LogP contribution in [0.25, 0.3) is 0 Å². The van der Waals surface area contributed by atoms with E-state index in [2.05, 4.69) is 25.9 Å². The molecule has 106 valence electrons. The number of hydrogen-bond donors (Lipinski definition) is 1. The minimum atomic E-state index is 0.0832. The number of hydrazine groups is 1. The Morgan fingerprint density at radius 3 is 2.80 bits per heavy atom. The Bertz CT molecular complexity index is 549. The third kappa shape index (κ3) is 3.05. The third-order valence-electron chi connectivity index (χ3n) is 3.37. The van der Waals surface area contributed by atoms with Gasteiger partial charge >= 0.3 is 0 Å². The van der Waals surface area contributed by atoms with E-state index in [-0.39, 0.29) is 17.8 Å². The standard InChI is InChI=1S/C12H15BrN6O/c1-8(20)18-4-2-9(3-5-18)19(15)12-10(13)7-16-11(6-14)17-12/h7,9H,2-5,15H2,1H3. The van der Waals surface area contributed by atoms with Crippen LogP contribution in [0.15, 0.2) is 10.7 Å². The van der Waals surface area contributed by atoms with Crippen LogP contribution >= 0.6 is 15.9 Å². The van der Waals surface area contributed by atoms with Crippen molar-refractivity contribution in [3.8, 4) is 6.07 Å². The number of halogens is 1. The Morgan fingerprint density at radius 2 is 2.25 bits per heavy atom.